The van der Waals surface area contributed by atoms with E-state index in [9.17, 15) is 22.4 Å². The Balaban J connectivity index is 1.58. The fourth-order valence-electron chi connectivity index (χ4n) is 4.60. The lowest BCUT2D eigenvalue weighted by molar-refractivity contribution is -0.137. The monoisotopic (exact) mass is 538 g/mol. The van der Waals surface area contributed by atoms with Crippen molar-refractivity contribution in [1.82, 2.24) is 24.4 Å². The van der Waals surface area contributed by atoms with Crippen LogP contribution in [0.3, 0.4) is 0 Å². The van der Waals surface area contributed by atoms with Gasteiger partial charge in [0.1, 0.15) is 5.82 Å². The first-order valence-corrected chi connectivity index (χ1v) is 12.4. The van der Waals surface area contributed by atoms with Crippen LogP contribution < -0.4 is 10.9 Å². The summed E-state index contributed by atoms with van der Waals surface area (Å²) in [4.78, 5) is 21.7. The summed E-state index contributed by atoms with van der Waals surface area (Å²) < 4.78 is 58.5. The molecule has 3 heterocycles. The predicted molar refractivity (Wildman–Crippen MR) is 135 cm³/mol. The highest BCUT2D eigenvalue weighted by Gasteiger charge is 2.36. The summed E-state index contributed by atoms with van der Waals surface area (Å²) >= 11 is 0. The molecule has 202 valence electrons. The van der Waals surface area contributed by atoms with Crippen molar-refractivity contribution in [2.75, 3.05) is 0 Å². The number of nitrogens with zero attached hydrogens (tertiary/aromatic N) is 4. The second-order valence-electron chi connectivity index (χ2n) is 9.87. The molecule has 1 saturated carbocycles. The van der Waals surface area contributed by atoms with E-state index in [4.69, 9.17) is 5.41 Å². The molecule has 1 aromatic carbocycles. The van der Waals surface area contributed by atoms with Gasteiger partial charge in [0.15, 0.2) is 0 Å². The molecule has 11 heteroatoms. The molecule has 3 aromatic heterocycles. The van der Waals surface area contributed by atoms with Gasteiger partial charge in [-0.25, -0.2) is 4.39 Å². The van der Waals surface area contributed by atoms with Gasteiger partial charge in [-0.15, -0.1) is 0 Å². The third kappa shape index (κ3) is 5.76. The minimum Gasteiger partial charge on any atom is -0.343 e. The van der Waals surface area contributed by atoms with E-state index in [0.717, 1.165) is 30.3 Å². The molecule has 5 rings (SSSR count). The summed E-state index contributed by atoms with van der Waals surface area (Å²) in [5.74, 6) is -1.37. The molecule has 0 saturated heterocycles. The van der Waals surface area contributed by atoms with Crippen molar-refractivity contribution in [3.63, 3.8) is 0 Å². The molecule has 1 aliphatic rings. The van der Waals surface area contributed by atoms with Crippen molar-refractivity contribution in [3.8, 4) is 11.3 Å². The van der Waals surface area contributed by atoms with Crippen molar-refractivity contribution in [2.45, 2.75) is 38.5 Å². The fraction of sp³-hybridized carbons (Fsp3) is 0.286. The quantitative estimate of drug-likeness (QED) is 0.319. The zero-order chi connectivity index (χ0) is 27.9. The first-order chi connectivity index (χ1) is 18.5. The van der Waals surface area contributed by atoms with Crippen molar-refractivity contribution < 1.29 is 22.4 Å². The van der Waals surface area contributed by atoms with Gasteiger partial charge in [0.25, 0.3) is 5.91 Å². The van der Waals surface area contributed by atoms with Gasteiger partial charge < -0.3 is 14.5 Å². The van der Waals surface area contributed by atoms with Crippen LogP contribution in [0.25, 0.3) is 11.3 Å². The van der Waals surface area contributed by atoms with Gasteiger partial charge in [-0.05, 0) is 73.2 Å². The maximum Gasteiger partial charge on any atom is 0.418 e. The molecule has 1 amide bonds. The number of nitrogens with one attached hydrogen (secondary N) is 2. The van der Waals surface area contributed by atoms with Crippen LogP contribution in [0, 0.1) is 24.1 Å². The van der Waals surface area contributed by atoms with E-state index < -0.39 is 29.2 Å². The summed E-state index contributed by atoms with van der Waals surface area (Å²) in [5.41, 5.74) is 0.799. The minimum atomic E-state index is -4.86. The second kappa shape index (κ2) is 10.1. The fourth-order valence-corrected chi connectivity index (χ4v) is 4.60. The summed E-state index contributed by atoms with van der Waals surface area (Å²) in [5, 5.41) is 11.2. The Hall–Kier alpha value is -4.28. The first-order valence-electron chi connectivity index (χ1n) is 12.4. The van der Waals surface area contributed by atoms with Crippen molar-refractivity contribution >= 4 is 5.91 Å². The number of amides is 1. The average molecular weight is 539 g/mol. The summed E-state index contributed by atoms with van der Waals surface area (Å²) in [6, 6.07) is 8.22. The number of carbonyl (C=O) groups excluding carboxylic acids is 1. The minimum absolute atomic E-state index is 0.0182. The maximum atomic E-state index is 13.8. The van der Waals surface area contributed by atoms with E-state index in [1.54, 1.807) is 40.8 Å². The smallest absolute Gasteiger partial charge is 0.343 e. The SMILES string of the molecule is Cc1ccnc(C(NC(=O)c2cc(Cn3ccn(C)c3=N)cc(-c3ncc(F)cc3C(F)(F)F)c2)C2CC2)c1. The Labute approximate surface area is 221 Å². The largest absolute Gasteiger partial charge is 0.418 e. The number of alkyl halides is 3. The zero-order valence-corrected chi connectivity index (χ0v) is 21.3. The summed E-state index contributed by atoms with van der Waals surface area (Å²) in [6.45, 7) is 2.06. The molecule has 7 nitrogen and oxygen atoms in total. The normalized spacial score (nSPS) is 14.3. The molecule has 1 aliphatic carbocycles. The topological polar surface area (TPSA) is 88.6 Å². The van der Waals surface area contributed by atoms with Crippen LogP contribution in [0.1, 0.15) is 51.6 Å². The van der Waals surface area contributed by atoms with E-state index in [0.29, 0.717) is 11.6 Å². The van der Waals surface area contributed by atoms with Crippen LogP contribution in [-0.4, -0.2) is 25.0 Å². The van der Waals surface area contributed by atoms with Crippen molar-refractivity contribution in [3.05, 3.63) is 101 Å². The predicted octanol–water partition coefficient (Wildman–Crippen LogP) is 5.16. The van der Waals surface area contributed by atoms with Crippen LogP contribution >= 0.6 is 0 Å². The van der Waals surface area contributed by atoms with Crippen LogP contribution in [-0.2, 0) is 19.8 Å². The number of imidazole rings is 1. The second-order valence-corrected chi connectivity index (χ2v) is 9.87. The molecule has 1 atom stereocenters. The lowest BCUT2D eigenvalue weighted by Gasteiger charge is -2.19. The zero-order valence-electron chi connectivity index (χ0n) is 21.3. The van der Waals surface area contributed by atoms with Gasteiger partial charge in [-0.1, -0.05) is 0 Å². The lowest BCUT2D eigenvalue weighted by Crippen LogP contribution is -2.30. The maximum absolute atomic E-state index is 13.8. The number of carbonyl (C=O) groups is 1. The standard InChI is InChI=1S/C28H26F4N6O/c1-16-5-6-34-23(9-16)25(18-3-4-18)36-26(39)20-11-17(15-38-8-7-37(2)27(38)33)10-19(12-20)24-22(28(30,31)32)13-21(29)14-35-24/h5-14,18,25,33H,3-4,15H2,1-2H3,(H,36,39). The van der Waals surface area contributed by atoms with Crippen LogP contribution in [0.4, 0.5) is 17.6 Å². The third-order valence-corrected chi connectivity index (χ3v) is 6.75. The van der Waals surface area contributed by atoms with Gasteiger partial charge in [0.05, 0.1) is 35.7 Å². The molecular formula is C28H26F4N6O. The van der Waals surface area contributed by atoms with Crippen molar-refractivity contribution in [1.29, 1.82) is 5.41 Å². The number of hydrogen-bond acceptors (Lipinski definition) is 4. The Bertz CT molecular complexity index is 1600. The van der Waals surface area contributed by atoms with E-state index >= 15 is 0 Å². The van der Waals surface area contributed by atoms with E-state index in [-0.39, 0.29) is 35.2 Å². The van der Waals surface area contributed by atoms with Gasteiger partial charge in [-0.3, -0.25) is 20.2 Å². The molecular weight excluding hydrogens is 512 g/mol. The van der Waals surface area contributed by atoms with Crippen LogP contribution in [0.15, 0.2) is 61.2 Å². The molecule has 0 spiro atoms. The van der Waals surface area contributed by atoms with Gasteiger partial charge >= 0.3 is 6.18 Å². The highest BCUT2D eigenvalue weighted by molar-refractivity contribution is 5.96. The molecule has 0 radical (unpaired) electrons. The molecule has 1 fully saturated rings. The number of pyridine rings is 2. The molecule has 0 aliphatic heterocycles. The van der Waals surface area contributed by atoms with E-state index in [1.807, 2.05) is 19.1 Å². The number of hydrogen-bond donors (Lipinski definition) is 2. The van der Waals surface area contributed by atoms with Gasteiger partial charge in [-0.2, -0.15) is 13.2 Å². The molecule has 2 N–H and O–H groups in total. The highest BCUT2D eigenvalue weighted by Crippen LogP contribution is 2.41. The van der Waals surface area contributed by atoms with E-state index in [1.165, 1.54) is 12.1 Å². The number of benzene rings is 1. The lowest BCUT2D eigenvalue weighted by atomic mass is 9.98. The highest BCUT2D eigenvalue weighted by atomic mass is 19.4. The average Bonchev–Trinajstić information content (AvgIpc) is 3.68. The van der Waals surface area contributed by atoms with Gasteiger partial charge in [0, 0.05) is 36.8 Å². The number of aryl methyl sites for hydroxylation is 2. The van der Waals surface area contributed by atoms with Gasteiger partial charge in [0.2, 0.25) is 5.62 Å². The molecule has 0 bridgehead atoms. The van der Waals surface area contributed by atoms with Crippen LogP contribution in [0.2, 0.25) is 0 Å². The van der Waals surface area contributed by atoms with E-state index in [2.05, 4.69) is 15.3 Å². The number of aromatic nitrogens is 4. The molecule has 39 heavy (non-hydrogen) atoms. The molecule has 4 aromatic rings. The number of halogens is 4. The summed E-state index contributed by atoms with van der Waals surface area (Å²) in [7, 11) is 1.70. The number of rotatable bonds is 7. The molecule has 1 unspecified atom stereocenters. The Kier molecular flexibility index (Phi) is 6.83. The summed E-state index contributed by atoms with van der Waals surface area (Å²) in [6.07, 6.45) is 2.74. The first kappa shape index (κ1) is 26.3. The third-order valence-electron chi connectivity index (χ3n) is 6.75. The Morgan fingerprint density at radius 1 is 1.15 bits per heavy atom. The Morgan fingerprint density at radius 3 is 2.56 bits per heavy atom. The van der Waals surface area contributed by atoms with Crippen molar-refractivity contribution in [2.24, 2.45) is 13.0 Å². The van der Waals surface area contributed by atoms with Crippen LogP contribution in [0.5, 0.6) is 0 Å². The Morgan fingerprint density at radius 2 is 1.92 bits per heavy atom.